The van der Waals surface area contributed by atoms with Crippen molar-refractivity contribution in [3.8, 4) is 5.75 Å². The van der Waals surface area contributed by atoms with E-state index in [1.165, 1.54) is 0 Å². The molecule has 3 aromatic rings. The van der Waals surface area contributed by atoms with E-state index in [0.29, 0.717) is 0 Å². The molecule has 1 aromatic heterocycles. The van der Waals surface area contributed by atoms with Crippen LogP contribution in [0.3, 0.4) is 0 Å². The number of rotatable bonds is 3. The van der Waals surface area contributed by atoms with Gasteiger partial charge in [0, 0.05) is 27.1 Å². The van der Waals surface area contributed by atoms with Gasteiger partial charge in [0.1, 0.15) is 5.75 Å². The standard InChI is InChI=1S/C16H14N2OS/c1-19-12-3-2-4-13(10-12)20-16-7-8-18-15-9-11(17)5-6-14(15)16/h2-10H,17H2,1H3. The van der Waals surface area contributed by atoms with Gasteiger partial charge in [0.2, 0.25) is 0 Å². The number of ether oxygens (including phenoxy) is 1. The first kappa shape index (κ1) is 12.8. The zero-order chi connectivity index (χ0) is 13.9. The summed E-state index contributed by atoms with van der Waals surface area (Å²) in [7, 11) is 1.67. The van der Waals surface area contributed by atoms with E-state index in [4.69, 9.17) is 10.5 Å². The van der Waals surface area contributed by atoms with Gasteiger partial charge in [0.15, 0.2) is 0 Å². The molecule has 0 aliphatic heterocycles. The van der Waals surface area contributed by atoms with Crippen molar-refractivity contribution in [3.05, 3.63) is 54.7 Å². The third-order valence-corrected chi connectivity index (χ3v) is 4.06. The summed E-state index contributed by atoms with van der Waals surface area (Å²) in [5, 5.41) is 1.11. The minimum absolute atomic E-state index is 0.730. The molecule has 0 aliphatic carbocycles. The molecular weight excluding hydrogens is 268 g/mol. The second kappa shape index (κ2) is 5.43. The molecule has 0 bridgehead atoms. The number of methoxy groups -OCH3 is 1. The monoisotopic (exact) mass is 282 g/mol. The Bertz CT molecular complexity index is 758. The third-order valence-electron chi connectivity index (χ3n) is 3.00. The van der Waals surface area contributed by atoms with Gasteiger partial charge in [-0.1, -0.05) is 17.8 Å². The predicted molar refractivity (Wildman–Crippen MR) is 83.3 cm³/mol. The van der Waals surface area contributed by atoms with Crippen molar-refractivity contribution in [2.24, 2.45) is 0 Å². The first-order chi connectivity index (χ1) is 9.76. The lowest BCUT2D eigenvalue weighted by atomic mass is 10.2. The van der Waals surface area contributed by atoms with Crippen molar-refractivity contribution in [2.45, 2.75) is 9.79 Å². The quantitative estimate of drug-likeness (QED) is 0.738. The van der Waals surface area contributed by atoms with Crippen LogP contribution in [0.25, 0.3) is 10.9 Å². The molecule has 2 aromatic carbocycles. The number of fused-ring (bicyclic) bond motifs is 1. The molecule has 0 spiro atoms. The smallest absolute Gasteiger partial charge is 0.119 e. The molecule has 0 aliphatic rings. The normalized spacial score (nSPS) is 10.7. The number of anilines is 1. The maximum absolute atomic E-state index is 5.80. The SMILES string of the molecule is COc1cccc(Sc2ccnc3cc(N)ccc23)c1. The van der Waals surface area contributed by atoms with E-state index in [1.807, 2.05) is 48.7 Å². The summed E-state index contributed by atoms with van der Waals surface area (Å²) in [6.07, 6.45) is 1.81. The molecule has 0 atom stereocenters. The second-order valence-corrected chi connectivity index (χ2v) is 5.48. The van der Waals surface area contributed by atoms with Crippen LogP contribution in [0.5, 0.6) is 5.75 Å². The first-order valence-electron chi connectivity index (χ1n) is 6.22. The fourth-order valence-corrected chi connectivity index (χ4v) is 3.01. The number of hydrogen-bond acceptors (Lipinski definition) is 4. The number of nitrogens with zero attached hydrogens (tertiary/aromatic N) is 1. The summed E-state index contributed by atoms with van der Waals surface area (Å²) < 4.78 is 5.25. The number of hydrogen-bond donors (Lipinski definition) is 1. The number of nitrogen functional groups attached to an aromatic ring is 1. The molecule has 100 valence electrons. The Morgan fingerprint density at radius 3 is 2.85 bits per heavy atom. The molecule has 0 radical (unpaired) electrons. The van der Waals surface area contributed by atoms with E-state index in [1.54, 1.807) is 18.9 Å². The van der Waals surface area contributed by atoms with Gasteiger partial charge < -0.3 is 10.5 Å². The van der Waals surface area contributed by atoms with Gasteiger partial charge in [-0.05, 0) is 42.5 Å². The van der Waals surface area contributed by atoms with Crippen LogP contribution in [-0.2, 0) is 0 Å². The lowest BCUT2D eigenvalue weighted by Gasteiger charge is -2.07. The van der Waals surface area contributed by atoms with Gasteiger partial charge in [-0.25, -0.2) is 0 Å². The molecule has 0 saturated carbocycles. The summed E-state index contributed by atoms with van der Waals surface area (Å²) in [5.41, 5.74) is 7.45. The lowest BCUT2D eigenvalue weighted by Crippen LogP contribution is -1.87. The minimum atomic E-state index is 0.730. The second-order valence-electron chi connectivity index (χ2n) is 4.37. The first-order valence-corrected chi connectivity index (χ1v) is 7.04. The average Bonchev–Trinajstić information content (AvgIpc) is 2.47. The van der Waals surface area contributed by atoms with Gasteiger partial charge >= 0.3 is 0 Å². The van der Waals surface area contributed by atoms with E-state index in [-0.39, 0.29) is 0 Å². The Morgan fingerprint density at radius 2 is 2.00 bits per heavy atom. The van der Waals surface area contributed by atoms with E-state index in [2.05, 4.69) is 11.1 Å². The summed E-state index contributed by atoms with van der Waals surface area (Å²) >= 11 is 1.69. The molecule has 4 heteroatoms. The fraction of sp³-hybridized carbons (Fsp3) is 0.0625. The molecule has 0 saturated heterocycles. The largest absolute Gasteiger partial charge is 0.497 e. The van der Waals surface area contributed by atoms with E-state index in [0.717, 1.165) is 32.1 Å². The van der Waals surface area contributed by atoms with Crippen LogP contribution >= 0.6 is 11.8 Å². The highest BCUT2D eigenvalue weighted by Gasteiger charge is 2.05. The molecule has 2 N–H and O–H groups in total. The van der Waals surface area contributed by atoms with E-state index < -0.39 is 0 Å². The van der Waals surface area contributed by atoms with Crippen molar-refractivity contribution < 1.29 is 4.74 Å². The van der Waals surface area contributed by atoms with Crippen LogP contribution in [0, 0.1) is 0 Å². The number of pyridine rings is 1. The van der Waals surface area contributed by atoms with Crippen molar-refractivity contribution in [1.82, 2.24) is 4.98 Å². The van der Waals surface area contributed by atoms with Crippen LogP contribution < -0.4 is 10.5 Å². The Morgan fingerprint density at radius 1 is 1.10 bits per heavy atom. The highest BCUT2D eigenvalue weighted by Crippen LogP contribution is 2.34. The van der Waals surface area contributed by atoms with Gasteiger partial charge in [-0.2, -0.15) is 0 Å². The summed E-state index contributed by atoms with van der Waals surface area (Å²) in [6.45, 7) is 0. The van der Waals surface area contributed by atoms with Crippen LogP contribution in [0.15, 0.2) is 64.5 Å². The van der Waals surface area contributed by atoms with E-state index in [9.17, 15) is 0 Å². The molecule has 0 unspecified atom stereocenters. The van der Waals surface area contributed by atoms with Gasteiger partial charge in [-0.15, -0.1) is 0 Å². The minimum Gasteiger partial charge on any atom is -0.497 e. The van der Waals surface area contributed by atoms with Gasteiger partial charge in [0.25, 0.3) is 0 Å². The van der Waals surface area contributed by atoms with Crippen molar-refractivity contribution >= 4 is 28.4 Å². The maximum atomic E-state index is 5.80. The van der Waals surface area contributed by atoms with Crippen molar-refractivity contribution in [2.75, 3.05) is 12.8 Å². The highest BCUT2D eigenvalue weighted by molar-refractivity contribution is 7.99. The Labute approximate surface area is 121 Å². The molecule has 20 heavy (non-hydrogen) atoms. The molecule has 0 amide bonds. The van der Waals surface area contributed by atoms with Crippen LogP contribution in [0.1, 0.15) is 0 Å². The van der Waals surface area contributed by atoms with Gasteiger partial charge in [0.05, 0.1) is 12.6 Å². The van der Waals surface area contributed by atoms with Crippen LogP contribution in [0.2, 0.25) is 0 Å². The fourth-order valence-electron chi connectivity index (χ4n) is 2.02. The molecule has 3 rings (SSSR count). The average molecular weight is 282 g/mol. The van der Waals surface area contributed by atoms with Crippen LogP contribution in [-0.4, -0.2) is 12.1 Å². The lowest BCUT2D eigenvalue weighted by molar-refractivity contribution is 0.413. The van der Waals surface area contributed by atoms with Crippen LogP contribution in [0.4, 0.5) is 5.69 Å². The Balaban J connectivity index is 2.02. The van der Waals surface area contributed by atoms with Gasteiger partial charge in [-0.3, -0.25) is 4.98 Å². The summed E-state index contributed by atoms with van der Waals surface area (Å²) in [5.74, 6) is 0.859. The zero-order valence-corrected chi connectivity index (χ0v) is 11.9. The van der Waals surface area contributed by atoms with E-state index >= 15 is 0 Å². The Kier molecular flexibility index (Phi) is 3.48. The predicted octanol–water partition coefficient (Wildman–Crippen LogP) is 3.98. The number of aromatic nitrogens is 1. The number of nitrogens with two attached hydrogens (primary N) is 1. The highest BCUT2D eigenvalue weighted by atomic mass is 32.2. The molecule has 1 heterocycles. The topological polar surface area (TPSA) is 48.1 Å². The molecule has 0 fully saturated rings. The van der Waals surface area contributed by atoms with Crippen molar-refractivity contribution in [3.63, 3.8) is 0 Å². The third kappa shape index (κ3) is 2.56. The summed E-state index contributed by atoms with van der Waals surface area (Å²) in [6, 6.07) is 15.8. The van der Waals surface area contributed by atoms with Crippen molar-refractivity contribution in [1.29, 1.82) is 0 Å². The number of benzene rings is 2. The molecular formula is C16H14N2OS. The molecule has 3 nitrogen and oxygen atoms in total. The Hall–Kier alpha value is -2.20. The summed E-state index contributed by atoms with van der Waals surface area (Å²) in [4.78, 5) is 6.65. The maximum Gasteiger partial charge on any atom is 0.119 e. The zero-order valence-electron chi connectivity index (χ0n) is 11.0.